The molecule has 3 aromatic rings. The lowest BCUT2D eigenvalue weighted by atomic mass is 9.43. The van der Waals surface area contributed by atoms with E-state index in [1.54, 1.807) is 113 Å². The van der Waals surface area contributed by atoms with Gasteiger partial charge >= 0.3 is 23.9 Å². The predicted molar refractivity (Wildman–Crippen MR) is 219 cm³/mol. The Hall–Kier alpha value is -5.66. The fourth-order valence-electron chi connectivity index (χ4n) is 10.5. The molecule has 1 heterocycles. The van der Waals surface area contributed by atoms with Crippen molar-refractivity contribution in [2.75, 3.05) is 6.61 Å². The minimum Gasteiger partial charge on any atom is -0.458 e. The third-order valence-electron chi connectivity index (χ3n) is 13.8. The summed E-state index contributed by atoms with van der Waals surface area (Å²) in [6.07, 6.45) is -5.57. The molecule has 1 saturated heterocycles. The van der Waals surface area contributed by atoms with Crippen LogP contribution in [0.25, 0.3) is 0 Å². The molecule has 0 spiro atoms. The lowest BCUT2D eigenvalue weighted by Gasteiger charge is -2.68. The third kappa shape index (κ3) is 7.45. The van der Waals surface area contributed by atoms with Crippen LogP contribution < -0.4 is 5.32 Å². The first kappa shape index (κ1) is 43.4. The number of benzene rings is 3. The quantitative estimate of drug-likeness (QED) is 0.138. The summed E-state index contributed by atoms with van der Waals surface area (Å²) in [6.45, 7) is 10.8. The summed E-state index contributed by atoms with van der Waals surface area (Å²) >= 11 is 0. The number of hydrogen-bond acceptors (Lipinski definition) is 12. The van der Waals surface area contributed by atoms with Crippen LogP contribution in [-0.2, 0) is 42.9 Å². The molecule has 2 saturated carbocycles. The summed E-state index contributed by atoms with van der Waals surface area (Å²) in [7, 11) is 0. The molecular formula is C48H53NO12. The molecule has 2 N–H and O–H groups in total. The van der Waals surface area contributed by atoms with Crippen LogP contribution in [0.4, 0.5) is 0 Å². The Kier molecular flexibility index (Phi) is 11.6. The zero-order valence-electron chi connectivity index (χ0n) is 35.5. The number of ether oxygens (including phenoxy) is 5. The Labute approximate surface area is 355 Å². The van der Waals surface area contributed by atoms with Crippen molar-refractivity contribution in [3.05, 3.63) is 119 Å². The van der Waals surface area contributed by atoms with Gasteiger partial charge < -0.3 is 34.1 Å². The molecule has 10 atom stereocenters. The maximum atomic E-state index is 15.6. The van der Waals surface area contributed by atoms with E-state index < -0.39 is 99.9 Å². The van der Waals surface area contributed by atoms with Gasteiger partial charge in [0, 0.05) is 36.7 Å². The third-order valence-corrected chi connectivity index (χ3v) is 13.8. The smallest absolute Gasteiger partial charge is 0.338 e. The highest BCUT2D eigenvalue weighted by Gasteiger charge is 2.77. The molecule has 1 amide bonds. The van der Waals surface area contributed by atoms with Crippen LogP contribution in [0.5, 0.6) is 0 Å². The maximum Gasteiger partial charge on any atom is 0.338 e. The summed E-state index contributed by atoms with van der Waals surface area (Å²) in [5, 5.41) is 16.7. The number of ketones is 1. The van der Waals surface area contributed by atoms with Gasteiger partial charge in [0.1, 0.15) is 23.9 Å². The Bertz CT molecular complexity index is 2240. The molecule has 2 bridgehead atoms. The molecule has 61 heavy (non-hydrogen) atoms. The van der Waals surface area contributed by atoms with Crippen LogP contribution in [-0.4, -0.2) is 82.9 Å². The first-order chi connectivity index (χ1) is 28.8. The topological polar surface area (TPSA) is 181 Å². The summed E-state index contributed by atoms with van der Waals surface area (Å²) in [6, 6.07) is 24.8. The second-order valence-corrected chi connectivity index (χ2v) is 17.6. The van der Waals surface area contributed by atoms with Crippen LogP contribution >= 0.6 is 0 Å². The van der Waals surface area contributed by atoms with Gasteiger partial charge in [0.05, 0.1) is 30.6 Å². The Morgan fingerprint density at radius 1 is 0.836 bits per heavy atom. The lowest BCUT2D eigenvalue weighted by Crippen LogP contribution is -2.80. The second kappa shape index (κ2) is 16.3. The average Bonchev–Trinajstić information content (AvgIpc) is 3.22. The van der Waals surface area contributed by atoms with Gasteiger partial charge in [-0.15, -0.1) is 0 Å². The van der Waals surface area contributed by atoms with Crippen molar-refractivity contribution in [2.45, 2.75) is 109 Å². The molecule has 322 valence electrons. The SMILES string of the molecule is CC(=O)OC1C(=O)C2(C)C(C)CC3OCC3(OC(C)=O)C2C(OC(=O)c2ccccc2)C2(O)CC(OC(=O)CC(NC(=O)c3ccccc3)c3ccccc3)C(C)=C1C2(C)C. The monoisotopic (exact) mass is 835 g/mol. The molecule has 3 aliphatic carbocycles. The van der Waals surface area contributed by atoms with E-state index in [1.807, 2.05) is 13.0 Å². The number of nitrogens with one attached hydrogen (secondary N) is 1. The van der Waals surface area contributed by atoms with E-state index in [1.165, 1.54) is 13.8 Å². The number of fused-ring (bicyclic) bond motifs is 5. The van der Waals surface area contributed by atoms with Gasteiger partial charge in [-0.25, -0.2) is 4.79 Å². The molecule has 10 unspecified atom stereocenters. The molecule has 1 aliphatic heterocycles. The number of amides is 1. The molecule has 0 aromatic heterocycles. The first-order valence-corrected chi connectivity index (χ1v) is 20.7. The van der Waals surface area contributed by atoms with Crippen molar-refractivity contribution in [3.63, 3.8) is 0 Å². The number of hydrogen-bond donors (Lipinski definition) is 2. The number of aliphatic hydroxyl groups is 1. The fourth-order valence-corrected chi connectivity index (χ4v) is 10.5. The van der Waals surface area contributed by atoms with Crippen LogP contribution in [0.3, 0.4) is 0 Å². The number of rotatable bonds is 10. The van der Waals surface area contributed by atoms with Crippen LogP contribution in [0.1, 0.15) is 100 Å². The second-order valence-electron chi connectivity index (χ2n) is 17.6. The van der Waals surface area contributed by atoms with E-state index in [-0.39, 0.29) is 37.0 Å². The molecule has 4 aliphatic rings. The standard InChI is InChI=1S/C48H53NO12/c1-27-23-36-47(26-57-36,61-30(4)51)40-42(60-44(55)33-21-15-10-16-22-33)48(56)25-35(28(2)38(45(48,5)6)39(58-29(3)50)41(53)46(27,40)7)59-37(52)24-34(31-17-11-8-12-18-31)49-43(54)32-19-13-9-14-20-32/h8-22,27,34-36,39-40,42,56H,23-26H2,1-7H3,(H,49,54). The summed E-state index contributed by atoms with van der Waals surface area (Å²) < 4.78 is 31.0. The van der Waals surface area contributed by atoms with Crippen LogP contribution in [0, 0.1) is 22.7 Å². The maximum absolute atomic E-state index is 15.6. The van der Waals surface area contributed by atoms with Gasteiger partial charge in [0.25, 0.3) is 5.91 Å². The van der Waals surface area contributed by atoms with Crippen molar-refractivity contribution in [3.8, 4) is 0 Å². The molecule has 7 rings (SSSR count). The summed E-state index contributed by atoms with van der Waals surface area (Å²) in [4.78, 5) is 83.7. The summed E-state index contributed by atoms with van der Waals surface area (Å²) in [5.41, 5.74) is -5.07. The number of carbonyl (C=O) groups is 6. The Morgan fingerprint density at radius 2 is 1.43 bits per heavy atom. The van der Waals surface area contributed by atoms with Crippen molar-refractivity contribution < 1.29 is 57.6 Å². The van der Waals surface area contributed by atoms with E-state index in [2.05, 4.69) is 5.32 Å². The van der Waals surface area contributed by atoms with Crippen molar-refractivity contribution in [1.82, 2.24) is 5.32 Å². The summed E-state index contributed by atoms with van der Waals surface area (Å²) in [5.74, 6) is -5.75. The molecule has 3 fully saturated rings. The zero-order chi connectivity index (χ0) is 44.1. The fraction of sp³-hybridized carbons (Fsp3) is 0.458. The normalized spacial score (nSPS) is 31.6. The predicted octanol–water partition coefficient (Wildman–Crippen LogP) is 6.04. The minimum atomic E-state index is -2.19. The molecule has 13 heteroatoms. The minimum absolute atomic E-state index is 0.165. The average molecular weight is 836 g/mol. The van der Waals surface area contributed by atoms with E-state index in [0.29, 0.717) is 16.7 Å². The van der Waals surface area contributed by atoms with Gasteiger partial charge in [-0.2, -0.15) is 0 Å². The number of Topliss-reactive ketones (excluding diaryl/α,β-unsaturated/α-hetero) is 1. The number of carbonyl (C=O) groups excluding carboxylic acids is 6. The Morgan fingerprint density at radius 3 is 1.98 bits per heavy atom. The Balaban J connectivity index is 1.37. The van der Waals surface area contributed by atoms with Gasteiger partial charge in [0.2, 0.25) is 0 Å². The van der Waals surface area contributed by atoms with E-state index in [0.717, 1.165) is 0 Å². The molecular weight excluding hydrogens is 783 g/mol. The highest BCUT2D eigenvalue weighted by molar-refractivity contribution is 5.96. The van der Waals surface area contributed by atoms with Gasteiger partial charge in [-0.3, -0.25) is 24.0 Å². The van der Waals surface area contributed by atoms with Crippen LogP contribution in [0.2, 0.25) is 0 Å². The molecule has 0 radical (unpaired) electrons. The number of esters is 4. The molecule has 13 nitrogen and oxygen atoms in total. The van der Waals surface area contributed by atoms with Gasteiger partial charge in [-0.1, -0.05) is 94.4 Å². The first-order valence-electron chi connectivity index (χ1n) is 20.7. The van der Waals surface area contributed by atoms with Crippen molar-refractivity contribution >= 4 is 35.6 Å². The zero-order valence-corrected chi connectivity index (χ0v) is 35.5. The highest BCUT2D eigenvalue weighted by Crippen LogP contribution is 2.65. The van der Waals surface area contributed by atoms with Gasteiger partial charge in [0.15, 0.2) is 17.5 Å². The van der Waals surface area contributed by atoms with E-state index in [4.69, 9.17) is 23.7 Å². The highest BCUT2D eigenvalue weighted by atomic mass is 16.6. The largest absolute Gasteiger partial charge is 0.458 e. The van der Waals surface area contributed by atoms with Crippen molar-refractivity contribution in [1.29, 1.82) is 0 Å². The van der Waals surface area contributed by atoms with Crippen LogP contribution in [0.15, 0.2) is 102 Å². The lowest BCUT2D eigenvalue weighted by molar-refractivity contribution is -0.340. The van der Waals surface area contributed by atoms with E-state index >= 15 is 4.79 Å². The molecule has 3 aromatic carbocycles. The van der Waals surface area contributed by atoms with Crippen molar-refractivity contribution in [2.24, 2.45) is 22.7 Å². The van der Waals surface area contributed by atoms with Gasteiger partial charge in [-0.05, 0) is 60.2 Å². The van der Waals surface area contributed by atoms with E-state index in [9.17, 15) is 29.1 Å².